The van der Waals surface area contributed by atoms with E-state index in [1.165, 1.54) is 30.4 Å². The second kappa shape index (κ2) is 7.41. The van der Waals surface area contributed by atoms with Crippen LogP contribution in [-0.4, -0.2) is 49.8 Å². The van der Waals surface area contributed by atoms with Gasteiger partial charge in [0.05, 0.1) is 12.6 Å². The number of benzene rings is 1. The molecule has 4 nitrogen and oxygen atoms in total. The van der Waals surface area contributed by atoms with Gasteiger partial charge in [0.25, 0.3) is 0 Å². The van der Waals surface area contributed by atoms with Gasteiger partial charge in [-0.15, -0.1) is 11.8 Å². The standard InChI is InChI=1S/C22H29NO3S/c1-25-16-9-10-17(26-18(24)13-23-11-5-2-6-12-23)20-19(16)21-14-7-3-4-8-15(14)22(20)27-21/h3-4,7-8,16-17,19-22H,2,5-6,9-13H2,1H3/t16-,17+,19?,20?,21-,22+/m0/s1. The quantitative estimate of drug-likeness (QED) is 0.731. The summed E-state index contributed by atoms with van der Waals surface area (Å²) in [6.07, 6.45) is 5.93. The molecule has 0 spiro atoms. The second-order valence-corrected chi connectivity index (χ2v) is 9.77. The van der Waals surface area contributed by atoms with Crippen molar-refractivity contribution in [3.8, 4) is 0 Å². The van der Waals surface area contributed by atoms with Crippen LogP contribution < -0.4 is 0 Å². The number of piperidine rings is 1. The maximum Gasteiger partial charge on any atom is 0.320 e. The SMILES string of the molecule is CO[C@H]1CC[C@@H](OC(=O)CN2CCCCC2)C2C1[C@H]1S[C@@H]2c2ccccc21. The summed E-state index contributed by atoms with van der Waals surface area (Å²) in [5.74, 6) is 0.818. The molecule has 5 rings (SSSR count). The summed E-state index contributed by atoms with van der Waals surface area (Å²) in [5.41, 5.74) is 2.94. The Labute approximate surface area is 166 Å². The van der Waals surface area contributed by atoms with E-state index < -0.39 is 0 Å². The van der Waals surface area contributed by atoms with Crippen molar-refractivity contribution >= 4 is 17.7 Å². The minimum Gasteiger partial charge on any atom is -0.461 e. The molecule has 6 atom stereocenters. The molecule has 0 amide bonds. The predicted molar refractivity (Wildman–Crippen MR) is 107 cm³/mol. The number of esters is 1. The number of rotatable bonds is 4. The number of hydrogen-bond acceptors (Lipinski definition) is 5. The van der Waals surface area contributed by atoms with Gasteiger partial charge in [-0.05, 0) is 49.9 Å². The lowest BCUT2D eigenvalue weighted by molar-refractivity contribution is -0.161. The molecule has 2 saturated heterocycles. The smallest absolute Gasteiger partial charge is 0.320 e. The molecule has 27 heavy (non-hydrogen) atoms. The van der Waals surface area contributed by atoms with Gasteiger partial charge in [0.2, 0.25) is 0 Å². The van der Waals surface area contributed by atoms with Crippen molar-refractivity contribution in [1.82, 2.24) is 4.90 Å². The average Bonchev–Trinajstić information content (AvgIpc) is 3.27. The maximum atomic E-state index is 12.7. The van der Waals surface area contributed by atoms with Crippen molar-refractivity contribution in [2.75, 3.05) is 26.7 Å². The first-order valence-corrected chi connectivity index (χ1v) is 11.4. The van der Waals surface area contributed by atoms with Crippen LogP contribution >= 0.6 is 11.8 Å². The Morgan fingerprint density at radius 1 is 1.04 bits per heavy atom. The molecule has 1 aromatic carbocycles. The fourth-order valence-electron chi connectivity index (χ4n) is 5.85. The Morgan fingerprint density at radius 2 is 1.67 bits per heavy atom. The van der Waals surface area contributed by atoms with Crippen LogP contribution in [0.15, 0.2) is 24.3 Å². The lowest BCUT2D eigenvalue weighted by Crippen LogP contribution is -2.47. The zero-order valence-electron chi connectivity index (χ0n) is 16.0. The number of nitrogens with zero attached hydrogens (tertiary/aromatic N) is 1. The number of thioether (sulfide) groups is 1. The van der Waals surface area contributed by atoms with Crippen LogP contribution in [0.5, 0.6) is 0 Å². The van der Waals surface area contributed by atoms with Crippen molar-refractivity contribution < 1.29 is 14.3 Å². The van der Waals surface area contributed by atoms with Gasteiger partial charge in [-0.3, -0.25) is 9.69 Å². The summed E-state index contributed by atoms with van der Waals surface area (Å²) in [6, 6.07) is 8.84. The Morgan fingerprint density at radius 3 is 2.33 bits per heavy atom. The average molecular weight is 388 g/mol. The summed E-state index contributed by atoms with van der Waals surface area (Å²) in [7, 11) is 1.84. The molecule has 0 radical (unpaired) electrons. The Hall–Kier alpha value is -1.04. The van der Waals surface area contributed by atoms with Gasteiger partial charge in [-0.1, -0.05) is 30.7 Å². The first-order valence-electron chi connectivity index (χ1n) is 10.4. The Kier molecular flexibility index (Phi) is 4.95. The predicted octanol–water partition coefficient (Wildman–Crippen LogP) is 3.97. The van der Waals surface area contributed by atoms with E-state index >= 15 is 0 Å². The van der Waals surface area contributed by atoms with Crippen LogP contribution in [0.4, 0.5) is 0 Å². The van der Waals surface area contributed by atoms with Crippen LogP contribution in [0.2, 0.25) is 0 Å². The van der Waals surface area contributed by atoms with E-state index in [1.54, 1.807) is 0 Å². The third kappa shape index (κ3) is 3.12. The van der Waals surface area contributed by atoms with Crippen LogP contribution in [0.25, 0.3) is 0 Å². The molecule has 1 aliphatic carbocycles. The summed E-state index contributed by atoms with van der Waals surface area (Å²) < 4.78 is 12.0. The largest absolute Gasteiger partial charge is 0.461 e. The highest BCUT2D eigenvalue weighted by Gasteiger charge is 2.59. The minimum absolute atomic E-state index is 0.0300. The molecule has 1 aromatic rings. The van der Waals surface area contributed by atoms with Crippen molar-refractivity contribution in [1.29, 1.82) is 0 Å². The summed E-state index contributed by atoms with van der Waals surface area (Å²) >= 11 is 2.07. The van der Waals surface area contributed by atoms with Gasteiger partial charge in [0.1, 0.15) is 6.10 Å². The topological polar surface area (TPSA) is 38.8 Å². The highest BCUT2D eigenvalue weighted by atomic mass is 32.2. The number of methoxy groups -OCH3 is 1. The normalized spacial score (nSPS) is 37.7. The van der Waals surface area contributed by atoms with Gasteiger partial charge < -0.3 is 9.47 Å². The van der Waals surface area contributed by atoms with Crippen LogP contribution in [0, 0.1) is 11.8 Å². The summed E-state index contributed by atoms with van der Waals surface area (Å²) in [6.45, 7) is 2.52. The molecule has 1 saturated carbocycles. The van der Waals surface area contributed by atoms with Crippen LogP contribution in [0.1, 0.15) is 53.7 Å². The third-order valence-corrected chi connectivity index (χ3v) is 8.75. The van der Waals surface area contributed by atoms with Gasteiger partial charge in [0, 0.05) is 29.4 Å². The maximum absolute atomic E-state index is 12.7. The van der Waals surface area contributed by atoms with Gasteiger partial charge >= 0.3 is 5.97 Å². The Balaban J connectivity index is 1.34. The summed E-state index contributed by atoms with van der Waals surface area (Å²) in [5, 5.41) is 0.937. The van der Waals surface area contributed by atoms with E-state index in [1.807, 2.05) is 7.11 Å². The van der Waals surface area contributed by atoms with Gasteiger partial charge in [-0.2, -0.15) is 0 Å². The molecule has 0 N–H and O–H groups in total. The Bertz CT molecular complexity index is 705. The highest BCUT2D eigenvalue weighted by Crippen LogP contribution is 2.70. The zero-order valence-corrected chi connectivity index (χ0v) is 16.8. The fraction of sp³-hybridized carbons (Fsp3) is 0.682. The van der Waals surface area contributed by atoms with E-state index in [4.69, 9.17) is 9.47 Å². The monoisotopic (exact) mass is 387 g/mol. The lowest BCUT2D eigenvalue weighted by Gasteiger charge is -2.44. The van der Waals surface area contributed by atoms with Gasteiger partial charge in [0.15, 0.2) is 0 Å². The number of ether oxygens (including phenoxy) is 2. The van der Waals surface area contributed by atoms with E-state index in [2.05, 4.69) is 40.9 Å². The third-order valence-electron chi connectivity index (χ3n) is 7.03. The number of carbonyl (C=O) groups is 1. The minimum atomic E-state index is -0.0300. The second-order valence-electron chi connectivity index (χ2n) is 8.48. The molecule has 3 heterocycles. The first kappa shape index (κ1) is 18.0. The molecule has 3 fully saturated rings. The molecule has 2 unspecified atom stereocenters. The summed E-state index contributed by atoms with van der Waals surface area (Å²) in [4.78, 5) is 14.9. The van der Waals surface area contributed by atoms with E-state index in [0.717, 1.165) is 25.9 Å². The number of hydrogen-bond donors (Lipinski definition) is 0. The molecule has 4 aliphatic rings. The van der Waals surface area contributed by atoms with E-state index in [9.17, 15) is 4.79 Å². The molecule has 146 valence electrons. The van der Waals surface area contributed by atoms with Crippen molar-refractivity contribution in [2.45, 2.75) is 54.8 Å². The molecule has 3 aliphatic heterocycles. The van der Waals surface area contributed by atoms with E-state index in [0.29, 0.717) is 28.9 Å². The van der Waals surface area contributed by atoms with Crippen LogP contribution in [-0.2, 0) is 14.3 Å². The molecule has 5 heteroatoms. The van der Waals surface area contributed by atoms with Crippen molar-refractivity contribution in [2.24, 2.45) is 11.8 Å². The lowest BCUT2D eigenvalue weighted by atomic mass is 9.66. The first-order chi connectivity index (χ1) is 13.3. The molecular weight excluding hydrogens is 358 g/mol. The number of likely N-dealkylation sites (tertiary alicyclic amines) is 1. The van der Waals surface area contributed by atoms with Gasteiger partial charge in [-0.25, -0.2) is 0 Å². The zero-order chi connectivity index (χ0) is 18.4. The molecular formula is C22H29NO3S. The van der Waals surface area contributed by atoms with Crippen LogP contribution in [0.3, 0.4) is 0 Å². The molecule has 0 aromatic heterocycles. The fourth-order valence-corrected chi connectivity index (χ4v) is 7.97. The highest BCUT2D eigenvalue weighted by molar-refractivity contribution is 8.00. The van der Waals surface area contributed by atoms with E-state index in [-0.39, 0.29) is 18.2 Å². The number of fused-ring (bicyclic) bond motifs is 8. The molecule has 2 bridgehead atoms. The number of carbonyl (C=O) groups excluding carboxylic acids is 1. The van der Waals surface area contributed by atoms with Crippen molar-refractivity contribution in [3.05, 3.63) is 35.4 Å². The van der Waals surface area contributed by atoms with Crippen molar-refractivity contribution in [3.63, 3.8) is 0 Å².